The molecule has 0 heterocycles. The highest BCUT2D eigenvalue weighted by Crippen LogP contribution is 2.03. The van der Waals surface area contributed by atoms with E-state index in [2.05, 4.69) is 10.0 Å². The van der Waals surface area contributed by atoms with Crippen LogP contribution in [-0.2, 0) is 14.3 Å². The van der Waals surface area contributed by atoms with E-state index in [1.807, 2.05) is 0 Å². The third-order valence-electron chi connectivity index (χ3n) is 2.15. The molecule has 0 aromatic rings. The van der Waals surface area contributed by atoms with Gasteiger partial charge < -0.3 is 21.3 Å². The molecule has 0 aromatic carbocycles. The van der Waals surface area contributed by atoms with Gasteiger partial charge in [0.15, 0.2) is 0 Å². The molecule has 0 fully saturated rings. The number of ether oxygens (including phenoxy) is 1. The van der Waals surface area contributed by atoms with Crippen molar-refractivity contribution in [3.8, 4) is 0 Å². The summed E-state index contributed by atoms with van der Waals surface area (Å²) in [6.45, 7) is 0.0318. The zero-order valence-electron chi connectivity index (χ0n) is 9.86. The van der Waals surface area contributed by atoms with Crippen LogP contribution in [0.4, 0.5) is 0 Å². The van der Waals surface area contributed by atoms with E-state index in [4.69, 9.17) is 26.8 Å². The molecule has 1 unspecified atom stereocenters. The standard InChI is InChI=1S/C9H17N5O4/c10-6(8(15)16)2-1-3-7(11)9(17)18-5-4-13-14-12/h6-7H,1-5,10-11H2,(H,15,16)/t6-,7?/m0/s1. The third kappa shape index (κ3) is 7.44. The molecule has 102 valence electrons. The van der Waals surface area contributed by atoms with Crippen LogP contribution >= 0.6 is 0 Å². The highest BCUT2D eigenvalue weighted by Gasteiger charge is 2.16. The molecular formula is C9H17N5O4. The Morgan fingerprint density at radius 2 is 1.94 bits per heavy atom. The first kappa shape index (κ1) is 16.2. The minimum absolute atomic E-state index is 0.0226. The van der Waals surface area contributed by atoms with Gasteiger partial charge in [-0.25, -0.2) is 0 Å². The molecule has 0 bridgehead atoms. The molecule has 0 aliphatic carbocycles. The molecule has 0 saturated carbocycles. The average Bonchev–Trinajstić information content (AvgIpc) is 2.33. The smallest absolute Gasteiger partial charge is 0.322 e. The van der Waals surface area contributed by atoms with Crippen LogP contribution in [0.2, 0.25) is 0 Å². The molecule has 2 atom stereocenters. The number of hydrogen-bond acceptors (Lipinski definition) is 6. The number of aliphatic carboxylic acids is 1. The molecule has 0 aliphatic heterocycles. The van der Waals surface area contributed by atoms with E-state index < -0.39 is 24.0 Å². The summed E-state index contributed by atoms with van der Waals surface area (Å²) < 4.78 is 4.73. The molecule has 0 saturated heterocycles. The fourth-order valence-electron chi connectivity index (χ4n) is 1.14. The fraction of sp³-hybridized carbons (Fsp3) is 0.778. The van der Waals surface area contributed by atoms with E-state index in [-0.39, 0.29) is 19.6 Å². The summed E-state index contributed by atoms with van der Waals surface area (Å²) in [7, 11) is 0. The van der Waals surface area contributed by atoms with Crippen molar-refractivity contribution in [2.75, 3.05) is 13.2 Å². The summed E-state index contributed by atoms with van der Waals surface area (Å²) in [4.78, 5) is 24.2. The second kappa shape index (κ2) is 9.23. The number of nitrogens with zero attached hydrogens (tertiary/aromatic N) is 3. The number of carbonyl (C=O) groups is 2. The second-order valence-electron chi connectivity index (χ2n) is 3.60. The minimum atomic E-state index is -1.08. The van der Waals surface area contributed by atoms with Crippen molar-refractivity contribution in [2.45, 2.75) is 31.3 Å². The van der Waals surface area contributed by atoms with Gasteiger partial charge in [0.2, 0.25) is 0 Å². The molecule has 0 radical (unpaired) electrons. The van der Waals surface area contributed by atoms with Gasteiger partial charge >= 0.3 is 11.9 Å². The van der Waals surface area contributed by atoms with E-state index in [9.17, 15) is 9.59 Å². The Labute approximate surface area is 104 Å². The van der Waals surface area contributed by atoms with E-state index >= 15 is 0 Å². The predicted molar refractivity (Wildman–Crippen MR) is 62.4 cm³/mol. The Balaban J connectivity index is 3.74. The summed E-state index contributed by atoms with van der Waals surface area (Å²) in [6, 6.07) is -1.77. The Kier molecular flexibility index (Phi) is 8.29. The lowest BCUT2D eigenvalue weighted by molar-refractivity contribution is -0.145. The van der Waals surface area contributed by atoms with Gasteiger partial charge in [0.05, 0.1) is 13.2 Å². The number of carbonyl (C=O) groups excluding carboxylic acids is 1. The van der Waals surface area contributed by atoms with E-state index in [0.29, 0.717) is 12.8 Å². The molecule has 18 heavy (non-hydrogen) atoms. The first-order chi connectivity index (χ1) is 8.49. The maximum atomic E-state index is 11.3. The van der Waals surface area contributed by atoms with Crippen LogP contribution in [0.15, 0.2) is 5.11 Å². The molecule has 0 amide bonds. The first-order valence-electron chi connectivity index (χ1n) is 5.40. The minimum Gasteiger partial charge on any atom is -0.480 e. The lowest BCUT2D eigenvalue weighted by Crippen LogP contribution is -2.34. The van der Waals surface area contributed by atoms with Crippen LogP contribution in [-0.4, -0.2) is 42.3 Å². The highest BCUT2D eigenvalue weighted by atomic mass is 16.5. The van der Waals surface area contributed by atoms with Crippen molar-refractivity contribution < 1.29 is 19.4 Å². The highest BCUT2D eigenvalue weighted by molar-refractivity contribution is 5.75. The number of carboxylic acids is 1. The van der Waals surface area contributed by atoms with Gasteiger partial charge in [0.25, 0.3) is 0 Å². The Hall–Kier alpha value is -1.83. The maximum absolute atomic E-state index is 11.3. The van der Waals surface area contributed by atoms with Gasteiger partial charge in [-0.2, -0.15) is 0 Å². The SMILES string of the molecule is [N-]=[N+]=NCCOC(=O)C(N)CCC[C@H](N)C(=O)O. The van der Waals surface area contributed by atoms with Crippen molar-refractivity contribution >= 4 is 11.9 Å². The largest absolute Gasteiger partial charge is 0.480 e. The van der Waals surface area contributed by atoms with Crippen molar-refractivity contribution in [3.63, 3.8) is 0 Å². The summed E-state index contributed by atoms with van der Waals surface area (Å²) in [5.74, 6) is -1.69. The van der Waals surface area contributed by atoms with Crippen LogP contribution in [0.1, 0.15) is 19.3 Å². The first-order valence-corrected chi connectivity index (χ1v) is 5.40. The van der Waals surface area contributed by atoms with Gasteiger partial charge in [-0.3, -0.25) is 9.59 Å². The Morgan fingerprint density at radius 3 is 2.50 bits per heavy atom. The van der Waals surface area contributed by atoms with Gasteiger partial charge in [-0.15, -0.1) is 0 Å². The van der Waals surface area contributed by atoms with Crippen molar-refractivity contribution in [2.24, 2.45) is 16.6 Å². The number of nitrogens with two attached hydrogens (primary N) is 2. The summed E-state index contributed by atoms with van der Waals surface area (Å²) in [5.41, 5.74) is 18.8. The quantitative estimate of drug-likeness (QED) is 0.170. The second-order valence-corrected chi connectivity index (χ2v) is 3.60. The maximum Gasteiger partial charge on any atom is 0.322 e. The lowest BCUT2D eigenvalue weighted by Gasteiger charge is -2.11. The van der Waals surface area contributed by atoms with Gasteiger partial charge in [0, 0.05) is 4.91 Å². The molecular weight excluding hydrogens is 242 g/mol. The predicted octanol–water partition coefficient (Wildman–Crippen LogP) is -0.251. The Bertz CT molecular complexity index is 329. The number of azide groups is 1. The van der Waals surface area contributed by atoms with Crippen molar-refractivity contribution in [1.82, 2.24) is 0 Å². The van der Waals surface area contributed by atoms with Crippen LogP contribution in [0, 0.1) is 0 Å². The monoisotopic (exact) mass is 259 g/mol. The van der Waals surface area contributed by atoms with E-state index in [1.54, 1.807) is 0 Å². The number of rotatable bonds is 9. The summed E-state index contributed by atoms with van der Waals surface area (Å²) >= 11 is 0. The summed E-state index contributed by atoms with van der Waals surface area (Å²) in [6.07, 6.45) is 0.955. The number of carboxylic acid groups (broad SMARTS) is 1. The zero-order chi connectivity index (χ0) is 14.0. The van der Waals surface area contributed by atoms with Crippen LogP contribution in [0.3, 0.4) is 0 Å². The van der Waals surface area contributed by atoms with Gasteiger partial charge in [-0.1, -0.05) is 5.11 Å². The van der Waals surface area contributed by atoms with E-state index in [1.165, 1.54) is 0 Å². The molecule has 0 rings (SSSR count). The van der Waals surface area contributed by atoms with Gasteiger partial charge in [0.1, 0.15) is 12.1 Å². The number of esters is 1. The topological polar surface area (TPSA) is 164 Å². The fourth-order valence-corrected chi connectivity index (χ4v) is 1.14. The zero-order valence-corrected chi connectivity index (χ0v) is 9.86. The van der Waals surface area contributed by atoms with Crippen LogP contribution in [0.5, 0.6) is 0 Å². The Morgan fingerprint density at radius 1 is 1.33 bits per heavy atom. The molecule has 9 nitrogen and oxygen atoms in total. The average molecular weight is 259 g/mol. The van der Waals surface area contributed by atoms with Gasteiger partial charge in [-0.05, 0) is 24.8 Å². The van der Waals surface area contributed by atoms with Crippen molar-refractivity contribution in [1.29, 1.82) is 0 Å². The normalized spacial score (nSPS) is 13.2. The molecule has 0 aromatic heterocycles. The van der Waals surface area contributed by atoms with Crippen molar-refractivity contribution in [3.05, 3.63) is 10.4 Å². The third-order valence-corrected chi connectivity index (χ3v) is 2.15. The molecule has 9 heteroatoms. The summed E-state index contributed by atoms with van der Waals surface area (Å²) in [5, 5.41) is 11.7. The number of hydrogen-bond donors (Lipinski definition) is 3. The molecule has 0 spiro atoms. The van der Waals surface area contributed by atoms with E-state index in [0.717, 1.165) is 0 Å². The lowest BCUT2D eigenvalue weighted by atomic mass is 10.1. The van der Waals surface area contributed by atoms with Crippen LogP contribution < -0.4 is 11.5 Å². The molecule has 5 N–H and O–H groups in total. The van der Waals surface area contributed by atoms with Crippen LogP contribution in [0.25, 0.3) is 10.4 Å². The molecule has 0 aliphatic rings.